The van der Waals surface area contributed by atoms with E-state index in [2.05, 4.69) is 31.2 Å². The van der Waals surface area contributed by atoms with Gasteiger partial charge in [-0.1, -0.05) is 0 Å². The average molecular weight is 454 g/mol. The van der Waals surface area contributed by atoms with Crippen LogP contribution in [0.3, 0.4) is 0 Å². The number of aromatic amines is 1. The van der Waals surface area contributed by atoms with E-state index in [4.69, 9.17) is 5.11 Å². The predicted octanol–water partition coefficient (Wildman–Crippen LogP) is -3.00. The molecule has 2 heterocycles. The van der Waals surface area contributed by atoms with E-state index in [9.17, 15) is 29.4 Å². The molecular weight excluding hydrogens is 424 g/mol. The summed E-state index contributed by atoms with van der Waals surface area (Å²) in [4.78, 5) is 56.0. The summed E-state index contributed by atoms with van der Waals surface area (Å²) in [6, 6.07) is -4.68. The van der Waals surface area contributed by atoms with Gasteiger partial charge in [0.2, 0.25) is 17.7 Å². The number of aliphatic hydroxyl groups is 2. The number of rotatable bonds is 11. The Morgan fingerprint density at radius 3 is 2.25 bits per heavy atom. The van der Waals surface area contributed by atoms with Crippen molar-refractivity contribution in [1.29, 1.82) is 0 Å². The van der Waals surface area contributed by atoms with E-state index in [0.717, 1.165) is 6.42 Å². The van der Waals surface area contributed by atoms with Gasteiger partial charge in [-0.2, -0.15) is 0 Å². The van der Waals surface area contributed by atoms with Crippen molar-refractivity contribution in [2.75, 3.05) is 6.54 Å². The Labute approximate surface area is 184 Å². The van der Waals surface area contributed by atoms with Crippen molar-refractivity contribution in [2.45, 2.75) is 69.5 Å². The number of carboxylic acids is 1. The highest BCUT2D eigenvalue weighted by Gasteiger charge is 2.34. The first-order chi connectivity index (χ1) is 15.1. The molecule has 0 radical (unpaired) electrons. The Kier molecular flexibility index (Phi) is 9.11. The Morgan fingerprint density at radius 2 is 1.75 bits per heavy atom. The number of amides is 3. The average Bonchev–Trinajstić information content (AvgIpc) is 3.42. The fraction of sp³-hybridized carbons (Fsp3) is 0.632. The second-order valence-electron chi connectivity index (χ2n) is 7.78. The van der Waals surface area contributed by atoms with Gasteiger partial charge in [-0.3, -0.25) is 14.4 Å². The number of nitrogens with one attached hydrogen (secondary N) is 5. The third-order valence-electron chi connectivity index (χ3n) is 5.10. The zero-order valence-electron chi connectivity index (χ0n) is 17.9. The second-order valence-corrected chi connectivity index (χ2v) is 7.78. The molecule has 6 unspecified atom stereocenters. The van der Waals surface area contributed by atoms with Gasteiger partial charge in [-0.05, 0) is 33.2 Å². The van der Waals surface area contributed by atoms with E-state index < -0.39 is 54.2 Å². The zero-order valence-corrected chi connectivity index (χ0v) is 17.9. The summed E-state index contributed by atoms with van der Waals surface area (Å²) < 4.78 is 0. The molecule has 0 spiro atoms. The molecule has 6 atom stereocenters. The molecule has 1 aliphatic heterocycles. The van der Waals surface area contributed by atoms with Crippen molar-refractivity contribution in [3.8, 4) is 0 Å². The van der Waals surface area contributed by atoms with E-state index in [-0.39, 0.29) is 12.3 Å². The van der Waals surface area contributed by atoms with E-state index in [1.807, 2.05) is 0 Å². The summed E-state index contributed by atoms with van der Waals surface area (Å²) in [7, 11) is 0. The highest BCUT2D eigenvalue weighted by Crippen LogP contribution is 2.07. The van der Waals surface area contributed by atoms with E-state index >= 15 is 0 Å². The number of aliphatic carboxylic acids is 1. The van der Waals surface area contributed by atoms with Crippen LogP contribution in [0.5, 0.6) is 0 Å². The smallest absolute Gasteiger partial charge is 0.328 e. The van der Waals surface area contributed by atoms with Crippen molar-refractivity contribution in [3.05, 3.63) is 18.2 Å². The first-order valence-corrected chi connectivity index (χ1v) is 10.3. The number of hydrogen-bond acceptors (Lipinski definition) is 8. The van der Waals surface area contributed by atoms with Crippen molar-refractivity contribution >= 4 is 23.7 Å². The number of carbonyl (C=O) groups excluding carboxylic acids is 3. The van der Waals surface area contributed by atoms with Crippen LogP contribution in [0.15, 0.2) is 12.5 Å². The molecule has 1 fully saturated rings. The zero-order chi connectivity index (χ0) is 23.8. The van der Waals surface area contributed by atoms with E-state index in [1.165, 1.54) is 26.4 Å². The number of hydrogen-bond donors (Lipinski definition) is 8. The standard InChI is InChI=1S/C19H30N6O7/c1-9(26)14(18(30)25-15(10(2)27)19(31)32)24-17(29)13(6-11-7-20-8-22-11)23-16(28)12-4-3-5-21-12/h7-10,12-15,21,26-27H,3-6H2,1-2H3,(H,20,22)(H,23,28)(H,24,29)(H,25,30)(H,31,32). The molecule has 0 aliphatic carbocycles. The molecular formula is C19H30N6O7. The van der Waals surface area contributed by atoms with Crippen LogP contribution in [0, 0.1) is 0 Å². The van der Waals surface area contributed by atoms with Crippen LogP contribution in [-0.2, 0) is 25.6 Å². The van der Waals surface area contributed by atoms with Gasteiger partial charge in [0.05, 0.1) is 24.6 Å². The Morgan fingerprint density at radius 1 is 1.09 bits per heavy atom. The lowest BCUT2D eigenvalue weighted by molar-refractivity contribution is -0.146. The fourth-order valence-electron chi connectivity index (χ4n) is 3.30. The van der Waals surface area contributed by atoms with Crippen LogP contribution in [-0.4, -0.2) is 91.9 Å². The van der Waals surface area contributed by atoms with Crippen LogP contribution in [0.4, 0.5) is 0 Å². The van der Waals surface area contributed by atoms with E-state index in [1.54, 1.807) is 0 Å². The first-order valence-electron chi connectivity index (χ1n) is 10.3. The van der Waals surface area contributed by atoms with Crippen LogP contribution >= 0.6 is 0 Å². The molecule has 32 heavy (non-hydrogen) atoms. The molecule has 0 bridgehead atoms. The van der Waals surface area contributed by atoms with Gasteiger partial charge in [-0.15, -0.1) is 0 Å². The molecule has 178 valence electrons. The van der Waals surface area contributed by atoms with Gasteiger partial charge in [0.15, 0.2) is 6.04 Å². The maximum Gasteiger partial charge on any atom is 0.328 e. The molecule has 0 saturated carbocycles. The number of carboxylic acid groups (broad SMARTS) is 1. The lowest BCUT2D eigenvalue weighted by Gasteiger charge is -2.27. The highest BCUT2D eigenvalue weighted by atomic mass is 16.4. The van der Waals surface area contributed by atoms with Gasteiger partial charge in [0.1, 0.15) is 12.1 Å². The maximum absolute atomic E-state index is 13.0. The molecule has 13 heteroatoms. The van der Waals surface area contributed by atoms with Gasteiger partial charge >= 0.3 is 5.97 Å². The largest absolute Gasteiger partial charge is 0.480 e. The monoisotopic (exact) mass is 454 g/mol. The number of H-pyrrole nitrogens is 1. The van der Waals surface area contributed by atoms with Gasteiger partial charge < -0.3 is 41.6 Å². The molecule has 1 aliphatic rings. The van der Waals surface area contributed by atoms with Crippen LogP contribution in [0.25, 0.3) is 0 Å². The molecule has 1 aromatic heterocycles. The van der Waals surface area contributed by atoms with Crippen molar-refractivity contribution in [1.82, 2.24) is 31.2 Å². The number of nitrogens with zero attached hydrogens (tertiary/aromatic N) is 1. The minimum atomic E-state index is -1.63. The van der Waals surface area contributed by atoms with E-state index in [0.29, 0.717) is 18.7 Å². The lowest BCUT2D eigenvalue weighted by atomic mass is 10.1. The minimum absolute atomic E-state index is 0.0455. The Hall–Kier alpha value is -3.03. The third kappa shape index (κ3) is 7.00. The predicted molar refractivity (Wildman–Crippen MR) is 110 cm³/mol. The van der Waals surface area contributed by atoms with Crippen molar-refractivity contribution < 1.29 is 34.5 Å². The second kappa shape index (κ2) is 11.5. The summed E-state index contributed by atoms with van der Waals surface area (Å²) in [5, 5.41) is 38.9. The van der Waals surface area contributed by atoms with Crippen molar-refractivity contribution in [3.63, 3.8) is 0 Å². The van der Waals surface area contributed by atoms with Crippen LogP contribution in [0.1, 0.15) is 32.4 Å². The molecule has 8 N–H and O–H groups in total. The summed E-state index contributed by atoms with van der Waals surface area (Å²) in [6.45, 7) is 3.11. The summed E-state index contributed by atoms with van der Waals surface area (Å²) in [5.41, 5.74) is 0.558. The maximum atomic E-state index is 13.0. The SMILES string of the molecule is CC(O)C(NC(=O)C(NC(=O)C(Cc1cnc[nH]1)NC(=O)C1CCCN1)C(C)O)C(=O)O. The number of aromatic nitrogens is 2. The van der Waals surface area contributed by atoms with Crippen molar-refractivity contribution in [2.24, 2.45) is 0 Å². The Balaban J connectivity index is 2.13. The topological polar surface area (TPSA) is 206 Å². The molecule has 1 aromatic rings. The van der Waals surface area contributed by atoms with Gasteiger partial charge in [0, 0.05) is 18.3 Å². The van der Waals surface area contributed by atoms with Crippen LogP contribution in [0.2, 0.25) is 0 Å². The van der Waals surface area contributed by atoms with Gasteiger partial charge in [-0.25, -0.2) is 9.78 Å². The lowest BCUT2D eigenvalue weighted by Crippen LogP contribution is -2.61. The molecule has 3 amide bonds. The minimum Gasteiger partial charge on any atom is -0.480 e. The van der Waals surface area contributed by atoms with Gasteiger partial charge in [0.25, 0.3) is 0 Å². The summed E-state index contributed by atoms with van der Waals surface area (Å²) in [6.07, 6.45) is 1.60. The fourth-order valence-corrected chi connectivity index (χ4v) is 3.30. The summed E-state index contributed by atoms with van der Waals surface area (Å²) >= 11 is 0. The molecule has 0 aromatic carbocycles. The molecule has 1 saturated heterocycles. The summed E-state index contributed by atoms with van der Waals surface area (Å²) in [5.74, 6) is -3.60. The number of carbonyl (C=O) groups is 4. The first kappa shape index (κ1) is 25.2. The highest BCUT2D eigenvalue weighted by molar-refractivity contribution is 5.94. The van der Waals surface area contributed by atoms with Crippen LogP contribution < -0.4 is 21.3 Å². The Bertz CT molecular complexity index is 792. The quantitative estimate of drug-likeness (QED) is 0.171. The third-order valence-corrected chi connectivity index (χ3v) is 5.10. The molecule has 13 nitrogen and oxygen atoms in total. The molecule has 2 rings (SSSR count). The normalized spacial score (nSPS) is 20.4. The number of imidazole rings is 1. The number of aliphatic hydroxyl groups excluding tert-OH is 2.